The number of hydrogen-bond donors (Lipinski definition) is 3. The van der Waals surface area contributed by atoms with Crippen LogP contribution in [0.15, 0.2) is 35.8 Å². The van der Waals surface area contributed by atoms with E-state index in [0.29, 0.717) is 24.0 Å². The molecular formula is C28H33F5N8O2S. The number of nitrogens with one attached hydrogen (secondary N) is 2. The van der Waals surface area contributed by atoms with Crippen molar-refractivity contribution in [3.05, 3.63) is 46.3 Å². The number of anilines is 5. The second kappa shape index (κ2) is 13.1. The molecule has 4 heterocycles. The number of alkyl halides is 5. The van der Waals surface area contributed by atoms with Gasteiger partial charge in [-0.25, -0.2) is 4.98 Å². The molecule has 2 aliphatic heterocycles. The SMILES string of the molecule is C[C@H]1CN(C2CCN(c3ccc(Nc4ncc(C(F)(F)F)c(Nc5ccsc5C(N)=O)n4)c(OC(F)F)c3)CC2)CCN1C. The number of benzene rings is 1. The van der Waals surface area contributed by atoms with Gasteiger partial charge < -0.3 is 30.9 Å². The molecule has 0 bridgehead atoms. The summed E-state index contributed by atoms with van der Waals surface area (Å²) in [6.07, 6.45) is -2.41. The van der Waals surface area contributed by atoms with Crippen LogP contribution in [0, 0.1) is 0 Å². The number of amides is 1. The van der Waals surface area contributed by atoms with E-state index in [9.17, 15) is 26.7 Å². The molecular weight excluding hydrogens is 607 g/mol. The molecule has 5 rings (SSSR count). The minimum absolute atomic E-state index is 0.0107. The third-order valence-electron chi connectivity index (χ3n) is 8.00. The second-order valence-electron chi connectivity index (χ2n) is 10.8. The summed E-state index contributed by atoms with van der Waals surface area (Å²) in [6.45, 7) is 3.59. The summed E-state index contributed by atoms with van der Waals surface area (Å²) < 4.78 is 72.9. The Morgan fingerprint density at radius 3 is 2.52 bits per heavy atom. The van der Waals surface area contributed by atoms with Gasteiger partial charge in [-0.15, -0.1) is 11.3 Å². The summed E-state index contributed by atoms with van der Waals surface area (Å²) in [5, 5.41) is 6.68. The molecule has 0 radical (unpaired) electrons. The highest BCUT2D eigenvalue weighted by Crippen LogP contribution is 2.38. The monoisotopic (exact) mass is 640 g/mol. The number of nitrogens with zero attached hydrogens (tertiary/aromatic N) is 5. The average molecular weight is 641 g/mol. The van der Waals surface area contributed by atoms with Crippen LogP contribution in [0.25, 0.3) is 0 Å². The zero-order valence-electron chi connectivity index (χ0n) is 24.1. The van der Waals surface area contributed by atoms with Crippen molar-refractivity contribution >= 4 is 46.1 Å². The fraction of sp³-hybridized carbons (Fsp3) is 0.464. The number of carbonyl (C=O) groups excluding carboxylic acids is 1. The van der Waals surface area contributed by atoms with Crippen molar-refractivity contribution in [2.75, 3.05) is 55.3 Å². The molecule has 4 N–H and O–H groups in total. The predicted molar refractivity (Wildman–Crippen MR) is 158 cm³/mol. The molecule has 0 saturated carbocycles. The molecule has 2 aromatic heterocycles. The Morgan fingerprint density at radius 1 is 1.11 bits per heavy atom. The molecule has 0 aliphatic carbocycles. The van der Waals surface area contributed by atoms with Crippen molar-refractivity contribution in [3.63, 3.8) is 0 Å². The van der Waals surface area contributed by atoms with Gasteiger partial charge in [-0.3, -0.25) is 9.69 Å². The van der Waals surface area contributed by atoms with Gasteiger partial charge in [0.25, 0.3) is 5.91 Å². The van der Waals surface area contributed by atoms with E-state index in [4.69, 9.17) is 10.5 Å². The predicted octanol–water partition coefficient (Wildman–Crippen LogP) is 5.35. The number of thiophene rings is 1. The van der Waals surface area contributed by atoms with E-state index >= 15 is 0 Å². The quantitative estimate of drug-likeness (QED) is 0.267. The van der Waals surface area contributed by atoms with E-state index in [-0.39, 0.29) is 27.9 Å². The molecule has 2 fully saturated rings. The molecule has 1 amide bonds. The van der Waals surface area contributed by atoms with Crippen LogP contribution in [0.4, 0.5) is 50.8 Å². The van der Waals surface area contributed by atoms with Crippen molar-refractivity contribution in [3.8, 4) is 5.75 Å². The molecule has 0 spiro atoms. The van der Waals surface area contributed by atoms with Crippen LogP contribution in [-0.2, 0) is 6.18 Å². The lowest BCUT2D eigenvalue weighted by Crippen LogP contribution is -2.55. The van der Waals surface area contributed by atoms with Crippen LogP contribution in [0.5, 0.6) is 5.75 Å². The maximum atomic E-state index is 13.7. The van der Waals surface area contributed by atoms with Crippen molar-refractivity contribution in [2.45, 2.75) is 44.6 Å². The number of nitrogens with two attached hydrogens (primary N) is 1. The van der Waals surface area contributed by atoms with Crippen LogP contribution in [0.2, 0.25) is 0 Å². The minimum Gasteiger partial charge on any atom is -0.433 e. The van der Waals surface area contributed by atoms with Crippen molar-refractivity contribution in [2.24, 2.45) is 5.73 Å². The molecule has 16 heteroatoms. The third-order valence-corrected chi connectivity index (χ3v) is 8.93. The van der Waals surface area contributed by atoms with Gasteiger partial charge >= 0.3 is 12.8 Å². The Balaban J connectivity index is 1.34. The number of piperazine rings is 1. The lowest BCUT2D eigenvalue weighted by molar-refractivity contribution is -0.137. The number of aromatic nitrogens is 2. The molecule has 10 nitrogen and oxygen atoms in total. The Kier molecular flexibility index (Phi) is 9.41. The molecule has 44 heavy (non-hydrogen) atoms. The summed E-state index contributed by atoms with van der Waals surface area (Å²) >= 11 is 0.952. The summed E-state index contributed by atoms with van der Waals surface area (Å²) in [6, 6.07) is 7.03. The molecule has 1 atom stereocenters. The first-order valence-corrected chi connectivity index (χ1v) is 14.9. The van der Waals surface area contributed by atoms with Gasteiger partial charge in [0.2, 0.25) is 5.95 Å². The number of carbonyl (C=O) groups is 1. The van der Waals surface area contributed by atoms with E-state index in [2.05, 4.69) is 49.3 Å². The van der Waals surface area contributed by atoms with Gasteiger partial charge in [0.05, 0.1) is 11.4 Å². The Labute approximate surface area is 255 Å². The third kappa shape index (κ3) is 7.30. The fourth-order valence-corrected chi connectivity index (χ4v) is 6.20. The first-order chi connectivity index (χ1) is 20.9. The molecule has 238 valence electrons. The summed E-state index contributed by atoms with van der Waals surface area (Å²) in [4.78, 5) is 26.4. The number of piperidine rings is 1. The maximum absolute atomic E-state index is 13.7. The normalized spacial score (nSPS) is 18.9. The van der Waals surface area contributed by atoms with Crippen molar-refractivity contribution < 1.29 is 31.5 Å². The molecule has 0 unspecified atom stereocenters. The average Bonchev–Trinajstić information content (AvgIpc) is 3.43. The zero-order chi connectivity index (χ0) is 31.6. The summed E-state index contributed by atoms with van der Waals surface area (Å²) in [5.41, 5.74) is 4.88. The number of likely N-dealkylation sites (N-methyl/N-ethyl adjacent to an activating group) is 1. The summed E-state index contributed by atoms with van der Waals surface area (Å²) in [5.74, 6) is -2.00. The van der Waals surface area contributed by atoms with E-state index < -0.39 is 30.1 Å². The Hall–Kier alpha value is -3.76. The fourth-order valence-electron chi connectivity index (χ4n) is 5.49. The highest BCUT2D eigenvalue weighted by Gasteiger charge is 2.36. The largest absolute Gasteiger partial charge is 0.433 e. The van der Waals surface area contributed by atoms with Gasteiger partial charge in [0.1, 0.15) is 16.3 Å². The maximum Gasteiger partial charge on any atom is 0.421 e. The van der Waals surface area contributed by atoms with Gasteiger partial charge in [-0.1, -0.05) is 0 Å². The Morgan fingerprint density at radius 2 is 1.86 bits per heavy atom. The lowest BCUT2D eigenvalue weighted by atomic mass is 10.0. The molecule has 2 aliphatic rings. The van der Waals surface area contributed by atoms with Crippen LogP contribution in [0.1, 0.15) is 35.0 Å². The van der Waals surface area contributed by atoms with Gasteiger partial charge in [0, 0.05) is 62.8 Å². The van der Waals surface area contributed by atoms with Gasteiger partial charge in [-0.05, 0) is 50.4 Å². The molecule has 3 aromatic rings. The van der Waals surface area contributed by atoms with Crippen molar-refractivity contribution in [1.82, 2.24) is 19.8 Å². The van der Waals surface area contributed by atoms with Crippen LogP contribution in [-0.4, -0.2) is 84.1 Å². The minimum atomic E-state index is -4.83. The van der Waals surface area contributed by atoms with E-state index in [1.54, 1.807) is 6.07 Å². The number of hydrogen-bond acceptors (Lipinski definition) is 10. The number of halogens is 5. The highest BCUT2D eigenvalue weighted by molar-refractivity contribution is 7.12. The topological polar surface area (TPSA) is 112 Å². The first-order valence-electron chi connectivity index (χ1n) is 14.0. The van der Waals surface area contributed by atoms with Crippen LogP contribution < -0.4 is 26.0 Å². The number of primary amides is 1. The van der Waals surface area contributed by atoms with Crippen LogP contribution in [0.3, 0.4) is 0 Å². The number of ether oxygens (including phenoxy) is 1. The van der Waals surface area contributed by atoms with Crippen LogP contribution >= 0.6 is 11.3 Å². The second-order valence-corrected chi connectivity index (χ2v) is 11.7. The number of rotatable bonds is 9. The molecule has 1 aromatic carbocycles. The molecule has 2 saturated heterocycles. The van der Waals surface area contributed by atoms with E-state index in [0.717, 1.165) is 56.9 Å². The zero-order valence-corrected chi connectivity index (χ0v) is 24.9. The first kappa shape index (κ1) is 31.7. The van der Waals surface area contributed by atoms with E-state index in [1.807, 2.05) is 0 Å². The summed E-state index contributed by atoms with van der Waals surface area (Å²) in [7, 11) is 2.13. The van der Waals surface area contributed by atoms with Crippen molar-refractivity contribution in [1.29, 1.82) is 0 Å². The lowest BCUT2D eigenvalue weighted by Gasteiger charge is -2.45. The van der Waals surface area contributed by atoms with Gasteiger partial charge in [-0.2, -0.15) is 26.9 Å². The standard InChI is InChI=1S/C28H33F5N8O2S/c1-16-15-41(11-10-39(16)2)17-5-8-40(9-6-17)18-3-4-20(22(13-18)43-26(29)30)37-27-35-14-19(28(31,32)33)25(38-27)36-21-7-12-44-23(21)24(34)42/h3-4,7,12-14,16-17,26H,5-6,8-11,15H2,1-2H3,(H2,34,42)(H2,35,36,37,38)/t16-/m0/s1. The van der Waals surface area contributed by atoms with E-state index in [1.165, 1.54) is 23.6 Å². The highest BCUT2D eigenvalue weighted by atomic mass is 32.1. The van der Waals surface area contributed by atoms with Gasteiger partial charge in [0.15, 0.2) is 5.75 Å². The smallest absolute Gasteiger partial charge is 0.421 e. The Bertz CT molecular complexity index is 1460.